The molecule has 0 aliphatic rings. The Kier molecular flexibility index (Phi) is 7.36. The lowest BCUT2D eigenvalue weighted by Crippen LogP contribution is -2.25. The zero-order valence-electron chi connectivity index (χ0n) is 23.6. The molecule has 0 radical (unpaired) electrons. The van der Waals surface area contributed by atoms with Gasteiger partial charge in [-0.3, -0.25) is 4.68 Å². The summed E-state index contributed by atoms with van der Waals surface area (Å²) in [4.78, 5) is 13.4. The number of ether oxygens (including phenoxy) is 2. The van der Waals surface area contributed by atoms with E-state index in [2.05, 4.69) is 5.10 Å². The number of hydrogen-bond acceptors (Lipinski definition) is 4. The Morgan fingerprint density at radius 3 is 2.50 bits per heavy atom. The Balaban J connectivity index is 1.54. The van der Waals surface area contributed by atoms with Crippen LogP contribution in [-0.2, 0) is 18.3 Å². The molecule has 0 bridgehead atoms. The van der Waals surface area contributed by atoms with Gasteiger partial charge in [-0.1, -0.05) is 29.8 Å². The van der Waals surface area contributed by atoms with Crippen LogP contribution in [0.3, 0.4) is 0 Å². The summed E-state index contributed by atoms with van der Waals surface area (Å²) in [5, 5.41) is 7.71. The van der Waals surface area contributed by atoms with E-state index in [1.54, 1.807) is 6.07 Å². The van der Waals surface area contributed by atoms with Gasteiger partial charge in [0.2, 0.25) is 0 Å². The number of fused-ring (bicyclic) bond motifs is 2. The molecule has 5 aromatic rings. The van der Waals surface area contributed by atoms with Crippen molar-refractivity contribution in [2.24, 2.45) is 7.05 Å². The number of carbonyl (C=O) groups is 1. The second-order valence-corrected chi connectivity index (χ2v) is 11.4. The molecule has 8 heteroatoms. The van der Waals surface area contributed by atoms with Crippen LogP contribution in [0.2, 0.25) is 5.02 Å². The predicted molar refractivity (Wildman–Crippen MR) is 158 cm³/mol. The topological polar surface area (TPSA) is 58.3 Å². The van der Waals surface area contributed by atoms with Crippen molar-refractivity contribution in [2.45, 2.75) is 53.2 Å². The highest BCUT2D eigenvalue weighted by atomic mass is 35.5. The van der Waals surface area contributed by atoms with Crippen molar-refractivity contribution in [1.29, 1.82) is 0 Å². The molecule has 0 N–H and O–H groups in total. The van der Waals surface area contributed by atoms with Crippen molar-refractivity contribution >= 4 is 39.2 Å². The maximum Gasteiger partial charge on any atom is 0.355 e. The van der Waals surface area contributed by atoms with Gasteiger partial charge in [0.05, 0.1) is 22.8 Å². The third-order valence-electron chi connectivity index (χ3n) is 6.96. The number of nitrogens with zero attached hydrogens (tertiary/aromatic N) is 3. The smallest absolute Gasteiger partial charge is 0.355 e. The highest BCUT2D eigenvalue weighted by molar-refractivity contribution is 6.35. The number of benzene rings is 3. The monoisotopic (exact) mass is 561 g/mol. The first-order valence-corrected chi connectivity index (χ1v) is 13.7. The number of aromatic nitrogens is 3. The van der Waals surface area contributed by atoms with E-state index in [9.17, 15) is 9.18 Å². The Labute approximate surface area is 238 Å². The van der Waals surface area contributed by atoms with Crippen LogP contribution in [0.1, 0.15) is 49.1 Å². The molecule has 2 heterocycles. The lowest BCUT2D eigenvalue weighted by molar-refractivity contribution is 0.00578. The number of carbonyl (C=O) groups excluding carboxylic acids is 1. The summed E-state index contributed by atoms with van der Waals surface area (Å²) in [6.45, 7) is 10.4. The molecule has 0 saturated heterocycles. The average Bonchev–Trinajstić information content (AvgIpc) is 3.37. The summed E-state index contributed by atoms with van der Waals surface area (Å²) in [5.41, 5.74) is 4.29. The van der Waals surface area contributed by atoms with Crippen LogP contribution in [0, 0.1) is 19.7 Å². The molecule has 40 heavy (non-hydrogen) atoms. The van der Waals surface area contributed by atoms with Gasteiger partial charge in [-0.05, 0) is 82.8 Å². The number of esters is 1. The van der Waals surface area contributed by atoms with Gasteiger partial charge < -0.3 is 14.0 Å². The van der Waals surface area contributed by atoms with Gasteiger partial charge in [0.1, 0.15) is 22.9 Å². The van der Waals surface area contributed by atoms with Gasteiger partial charge in [0, 0.05) is 41.2 Å². The van der Waals surface area contributed by atoms with E-state index >= 15 is 0 Å². The lowest BCUT2D eigenvalue weighted by atomic mass is 10.0. The maximum atomic E-state index is 13.7. The minimum Gasteiger partial charge on any atom is -0.493 e. The molecule has 0 aliphatic heterocycles. The molecule has 208 valence electrons. The van der Waals surface area contributed by atoms with Crippen molar-refractivity contribution in [3.63, 3.8) is 0 Å². The van der Waals surface area contributed by atoms with Gasteiger partial charge in [-0.15, -0.1) is 0 Å². The molecule has 0 atom stereocenters. The molecule has 0 amide bonds. The van der Waals surface area contributed by atoms with E-state index in [1.165, 1.54) is 12.1 Å². The average molecular weight is 562 g/mol. The molecule has 3 aromatic carbocycles. The molecular formula is C32H33ClFN3O3. The third-order valence-corrected chi connectivity index (χ3v) is 7.28. The van der Waals surface area contributed by atoms with Crippen LogP contribution in [0.4, 0.5) is 4.39 Å². The minimum atomic E-state index is -0.647. The molecule has 0 aliphatic carbocycles. The SMILES string of the molecule is Cc1nn(C)c(C)c1-c1c(Cl)ccc2cc(C(=O)OC(C)(C)C)n(CCCOc3cccc4cc(F)ccc34)c12. The van der Waals surface area contributed by atoms with Crippen molar-refractivity contribution in [3.05, 3.63) is 82.5 Å². The zero-order chi connectivity index (χ0) is 28.8. The van der Waals surface area contributed by atoms with Gasteiger partial charge >= 0.3 is 5.97 Å². The summed E-state index contributed by atoms with van der Waals surface area (Å²) < 4.78 is 29.5. The first kappa shape index (κ1) is 27.7. The first-order chi connectivity index (χ1) is 18.9. The summed E-state index contributed by atoms with van der Waals surface area (Å²) in [7, 11) is 1.91. The Morgan fingerprint density at radius 1 is 1.02 bits per heavy atom. The zero-order valence-corrected chi connectivity index (χ0v) is 24.4. The minimum absolute atomic E-state index is 0.285. The van der Waals surface area contributed by atoms with E-state index in [4.69, 9.17) is 21.1 Å². The molecule has 5 rings (SSSR count). The molecule has 0 fully saturated rings. The van der Waals surface area contributed by atoms with E-state index in [0.29, 0.717) is 36.0 Å². The largest absolute Gasteiger partial charge is 0.493 e. The van der Waals surface area contributed by atoms with Crippen LogP contribution in [0.15, 0.2) is 54.6 Å². The van der Waals surface area contributed by atoms with E-state index in [1.807, 2.05) is 87.3 Å². The number of hydrogen-bond donors (Lipinski definition) is 0. The van der Waals surface area contributed by atoms with Crippen molar-refractivity contribution < 1.29 is 18.7 Å². The van der Waals surface area contributed by atoms with E-state index in [0.717, 1.165) is 44.2 Å². The van der Waals surface area contributed by atoms with Crippen molar-refractivity contribution in [1.82, 2.24) is 14.3 Å². The number of rotatable bonds is 7. The molecule has 0 saturated carbocycles. The van der Waals surface area contributed by atoms with Crippen molar-refractivity contribution in [3.8, 4) is 16.9 Å². The fourth-order valence-electron chi connectivity index (χ4n) is 5.20. The molecular weight excluding hydrogens is 529 g/mol. The fraction of sp³-hybridized carbons (Fsp3) is 0.312. The summed E-state index contributed by atoms with van der Waals surface area (Å²) in [6, 6.07) is 15.9. The molecule has 0 spiro atoms. The highest BCUT2D eigenvalue weighted by Crippen LogP contribution is 2.40. The predicted octanol–water partition coefficient (Wildman–Crippen LogP) is 8.03. The van der Waals surface area contributed by atoms with Gasteiger partial charge in [0.25, 0.3) is 0 Å². The molecule has 0 unspecified atom stereocenters. The van der Waals surface area contributed by atoms with Crippen LogP contribution >= 0.6 is 11.6 Å². The maximum absolute atomic E-state index is 13.7. The van der Waals surface area contributed by atoms with Gasteiger partial charge in [-0.25, -0.2) is 9.18 Å². The standard InChI is InChI=1S/C32H33ClFN3O3/c1-19-28(20(2)36(6)35-19)29-25(33)14-11-22-18-26(31(38)40-32(3,4)5)37(30(22)29)15-8-16-39-27-10-7-9-21-17-23(34)12-13-24(21)27/h7,9-14,17-18H,8,15-16H2,1-6H3. The molecule has 6 nitrogen and oxygen atoms in total. The normalized spacial score (nSPS) is 11.9. The Morgan fingerprint density at radius 2 is 1.80 bits per heavy atom. The summed E-state index contributed by atoms with van der Waals surface area (Å²) >= 11 is 6.85. The number of aryl methyl sites for hydroxylation is 3. The van der Waals surface area contributed by atoms with Gasteiger partial charge in [-0.2, -0.15) is 5.10 Å². The van der Waals surface area contributed by atoms with Crippen LogP contribution < -0.4 is 4.74 Å². The fourth-order valence-corrected chi connectivity index (χ4v) is 5.44. The number of halogens is 2. The Bertz CT molecular complexity index is 1750. The highest BCUT2D eigenvalue weighted by Gasteiger charge is 2.26. The quantitative estimate of drug-likeness (QED) is 0.149. The van der Waals surface area contributed by atoms with Crippen molar-refractivity contribution in [2.75, 3.05) is 6.61 Å². The lowest BCUT2D eigenvalue weighted by Gasteiger charge is -2.21. The summed E-state index contributed by atoms with van der Waals surface area (Å²) in [6.07, 6.45) is 0.605. The summed E-state index contributed by atoms with van der Waals surface area (Å²) in [5.74, 6) is 0.00216. The van der Waals surface area contributed by atoms with Crippen LogP contribution in [-0.4, -0.2) is 32.5 Å². The third kappa shape index (κ3) is 5.30. The Hall–Kier alpha value is -3.84. The second kappa shape index (κ2) is 10.6. The van der Waals surface area contributed by atoms with Crippen LogP contribution in [0.25, 0.3) is 32.8 Å². The molecule has 2 aromatic heterocycles. The second-order valence-electron chi connectivity index (χ2n) is 11.0. The van der Waals surface area contributed by atoms with Crippen LogP contribution in [0.5, 0.6) is 5.75 Å². The first-order valence-electron chi connectivity index (χ1n) is 13.3. The van der Waals surface area contributed by atoms with E-state index in [-0.39, 0.29) is 5.82 Å². The van der Waals surface area contributed by atoms with Gasteiger partial charge in [0.15, 0.2) is 0 Å². The van der Waals surface area contributed by atoms with E-state index < -0.39 is 11.6 Å².